The zero-order valence-electron chi connectivity index (χ0n) is 15.1. The summed E-state index contributed by atoms with van der Waals surface area (Å²) < 4.78 is 5.35. The first kappa shape index (κ1) is 18.6. The number of thioether (sulfide) groups is 1. The molecular weight excluding hydrogens is 350 g/mol. The molecule has 1 aliphatic heterocycles. The number of nitrogens with one attached hydrogen (secondary N) is 1. The summed E-state index contributed by atoms with van der Waals surface area (Å²) in [6.07, 6.45) is 1.81. The lowest BCUT2D eigenvalue weighted by Gasteiger charge is -2.27. The summed E-state index contributed by atoms with van der Waals surface area (Å²) in [6, 6.07) is 5.90. The van der Waals surface area contributed by atoms with Crippen molar-refractivity contribution in [3.05, 3.63) is 41.3 Å². The first-order valence-corrected chi connectivity index (χ1v) is 9.58. The molecule has 138 valence electrons. The minimum absolute atomic E-state index is 0.0463. The fraction of sp³-hybridized carbons (Fsp3) is 0.444. The van der Waals surface area contributed by atoms with Crippen LogP contribution in [0.15, 0.2) is 29.6 Å². The van der Waals surface area contributed by atoms with Crippen LogP contribution in [0.5, 0.6) is 0 Å². The third-order valence-corrected chi connectivity index (χ3v) is 4.78. The molecule has 0 spiro atoms. The molecule has 2 aromatic heterocycles. The van der Waals surface area contributed by atoms with E-state index in [9.17, 15) is 4.79 Å². The molecule has 0 aromatic carbocycles. The molecule has 1 saturated heterocycles. The van der Waals surface area contributed by atoms with Gasteiger partial charge in [-0.25, -0.2) is 15.0 Å². The topological polar surface area (TPSA) is 80.2 Å². The number of morpholine rings is 1. The molecular formula is C18H23N5O2S. The Morgan fingerprint density at radius 1 is 1.23 bits per heavy atom. The number of aryl methyl sites for hydroxylation is 2. The number of rotatable bonds is 6. The van der Waals surface area contributed by atoms with Crippen molar-refractivity contribution in [2.75, 3.05) is 37.0 Å². The standard InChI is InChI=1S/C18H23N5O2S/c1-13-9-14(2)22-18(21-13)26-12-17(24)20-11-15-3-4-16(19-10-15)23-5-7-25-8-6-23/h3-4,9-10H,5-8,11-12H2,1-2H3,(H,20,24). The van der Waals surface area contributed by atoms with Crippen LogP contribution in [0.1, 0.15) is 17.0 Å². The number of hydrogen-bond acceptors (Lipinski definition) is 7. The molecule has 0 aliphatic carbocycles. The molecule has 26 heavy (non-hydrogen) atoms. The molecule has 0 saturated carbocycles. The fourth-order valence-corrected chi connectivity index (χ4v) is 3.42. The number of ether oxygens (including phenoxy) is 1. The predicted octanol–water partition coefficient (Wildman–Crippen LogP) is 1.73. The maximum Gasteiger partial charge on any atom is 0.230 e. The van der Waals surface area contributed by atoms with Gasteiger partial charge in [-0.05, 0) is 31.5 Å². The molecule has 1 aliphatic rings. The van der Waals surface area contributed by atoms with Crippen molar-refractivity contribution in [1.82, 2.24) is 20.3 Å². The van der Waals surface area contributed by atoms with Crippen LogP contribution in [-0.4, -0.2) is 52.9 Å². The number of nitrogens with zero attached hydrogens (tertiary/aromatic N) is 4. The van der Waals surface area contributed by atoms with Crippen molar-refractivity contribution in [3.8, 4) is 0 Å². The molecule has 0 radical (unpaired) electrons. The van der Waals surface area contributed by atoms with Crippen LogP contribution < -0.4 is 10.2 Å². The van der Waals surface area contributed by atoms with E-state index in [0.717, 1.165) is 49.1 Å². The number of pyridine rings is 1. The Balaban J connectivity index is 1.45. The second kappa shape index (κ2) is 8.95. The van der Waals surface area contributed by atoms with E-state index in [2.05, 4.69) is 25.2 Å². The predicted molar refractivity (Wildman–Crippen MR) is 101 cm³/mol. The summed E-state index contributed by atoms with van der Waals surface area (Å²) in [6.45, 7) is 7.51. The Morgan fingerprint density at radius 2 is 1.96 bits per heavy atom. The van der Waals surface area contributed by atoms with Gasteiger partial charge < -0.3 is 15.0 Å². The monoisotopic (exact) mass is 373 g/mol. The van der Waals surface area contributed by atoms with Crippen molar-refractivity contribution in [2.45, 2.75) is 25.5 Å². The lowest BCUT2D eigenvalue weighted by Crippen LogP contribution is -2.36. The average molecular weight is 373 g/mol. The van der Waals surface area contributed by atoms with E-state index in [1.807, 2.05) is 38.2 Å². The number of anilines is 1. The van der Waals surface area contributed by atoms with E-state index in [0.29, 0.717) is 17.5 Å². The largest absolute Gasteiger partial charge is 0.378 e. The minimum atomic E-state index is -0.0463. The summed E-state index contributed by atoms with van der Waals surface area (Å²) in [4.78, 5) is 27.4. The Kier molecular flexibility index (Phi) is 6.40. The second-order valence-electron chi connectivity index (χ2n) is 6.12. The number of carbonyl (C=O) groups excluding carboxylic acids is 1. The van der Waals surface area contributed by atoms with Gasteiger partial charge in [0.1, 0.15) is 5.82 Å². The van der Waals surface area contributed by atoms with Gasteiger partial charge >= 0.3 is 0 Å². The molecule has 7 nitrogen and oxygen atoms in total. The van der Waals surface area contributed by atoms with Gasteiger partial charge in [-0.2, -0.15) is 0 Å². The van der Waals surface area contributed by atoms with Crippen molar-refractivity contribution in [1.29, 1.82) is 0 Å². The summed E-state index contributed by atoms with van der Waals surface area (Å²) in [5.41, 5.74) is 2.79. The van der Waals surface area contributed by atoms with Crippen molar-refractivity contribution >= 4 is 23.5 Å². The molecule has 2 aromatic rings. The van der Waals surface area contributed by atoms with E-state index in [-0.39, 0.29) is 5.91 Å². The van der Waals surface area contributed by atoms with Crippen LogP contribution >= 0.6 is 11.8 Å². The smallest absolute Gasteiger partial charge is 0.230 e. The van der Waals surface area contributed by atoms with Gasteiger partial charge in [0.15, 0.2) is 5.16 Å². The average Bonchev–Trinajstić information content (AvgIpc) is 2.65. The summed E-state index contributed by atoms with van der Waals surface area (Å²) >= 11 is 1.34. The van der Waals surface area contributed by atoms with Crippen LogP contribution in [0.25, 0.3) is 0 Å². The Hall–Kier alpha value is -2.19. The maximum absolute atomic E-state index is 12.0. The molecule has 1 amide bonds. The highest BCUT2D eigenvalue weighted by molar-refractivity contribution is 7.99. The third kappa shape index (κ3) is 5.40. The van der Waals surface area contributed by atoms with Crippen LogP contribution in [0.4, 0.5) is 5.82 Å². The maximum atomic E-state index is 12.0. The normalized spacial score (nSPS) is 14.3. The number of carbonyl (C=O) groups is 1. The van der Waals surface area contributed by atoms with Gasteiger partial charge in [-0.3, -0.25) is 4.79 Å². The van der Waals surface area contributed by atoms with Gasteiger partial charge in [0, 0.05) is 37.2 Å². The van der Waals surface area contributed by atoms with E-state index >= 15 is 0 Å². The first-order valence-electron chi connectivity index (χ1n) is 8.59. The van der Waals surface area contributed by atoms with Gasteiger partial charge in [-0.1, -0.05) is 17.8 Å². The highest BCUT2D eigenvalue weighted by Gasteiger charge is 2.12. The van der Waals surface area contributed by atoms with Crippen LogP contribution in [-0.2, 0) is 16.1 Å². The molecule has 1 fully saturated rings. The quantitative estimate of drug-likeness (QED) is 0.610. The van der Waals surface area contributed by atoms with E-state index in [4.69, 9.17) is 4.74 Å². The van der Waals surface area contributed by atoms with Gasteiger partial charge in [0.2, 0.25) is 5.91 Å². The van der Waals surface area contributed by atoms with Crippen LogP contribution in [0.3, 0.4) is 0 Å². The van der Waals surface area contributed by atoms with Gasteiger partial charge in [0.25, 0.3) is 0 Å². The third-order valence-electron chi connectivity index (χ3n) is 3.93. The molecule has 8 heteroatoms. The minimum Gasteiger partial charge on any atom is -0.378 e. The molecule has 0 bridgehead atoms. The highest BCUT2D eigenvalue weighted by Crippen LogP contribution is 2.15. The van der Waals surface area contributed by atoms with Gasteiger partial charge in [-0.15, -0.1) is 0 Å². The molecule has 0 atom stereocenters. The molecule has 0 unspecified atom stereocenters. The van der Waals surface area contributed by atoms with Gasteiger partial charge in [0.05, 0.1) is 19.0 Å². The number of amides is 1. The Bertz CT molecular complexity index is 727. The van der Waals surface area contributed by atoms with E-state index in [1.54, 1.807) is 0 Å². The SMILES string of the molecule is Cc1cc(C)nc(SCC(=O)NCc2ccc(N3CCOCC3)nc2)n1. The molecule has 3 rings (SSSR count). The zero-order chi connectivity index (χ0) is 18.4. The van der Waals surface area contributed by atoms with Crippen molar-refractivity contribution < 1.29 is 9.53 Å². The van der Waals surface area contributed by atoms with Crippen LogP contribution in [0.2, 0.25) is 0 Å². The number of hydrogen-bond donors (Lipinski definition) is 1. The second-order valence-corrected chi connectivity index (χ2v) is 7.07. The fourth-order valence-electron chi connectivity index (χ4n) is 2.64. The summed E-state index contributed by atoms with van der Waals surface area (Å²) in [5, 5.41) is 3.54. The van der Waals surface area contributed by atoms with E-state index in [1.165, 1.54) is 11.8 Å². The van der Waals surface area contributed by atoms with Crippen molar-refractivity contribution in [3.63, 3.8) is 0 Å². The molecule has 1 N–H and O–H groups in total. The number of aromatic nitrogens is 3. The lowest BCUT2D eigenvalue weighted by atomic mass is 10.2. The van der Waals surface area contributed by atoms with Crippen LogP contribution in [0, 0.1) is 13.8 Å². The Labute approximate surface area is 157 Å². The van der Waals surface area contributed by atoms with E-state index < -0.39 is 0 Å². The lowest BCUT2D eigenvalue weighted by molar-refractivity contribution is -0.118. The summed E-state index contributed by atoms with van der Waals surface area (Å²) in [7, 11) is 0. The van der Waals surface area contributed by atoms with Crippen molar-refractivity contribution in [2.24, 2.45) is 0 Å². The Morgan fingerprint density at radius 3 is 2.62 bits per heavy atom. The molecule has 3 heterocycles. The summed E-state index contributed by atoms with van der Waals surface area (Å²) in [5.74, 6) is 1.20. The zero-order valence-corrected chi connectivity index (χ0v) is 15.9. The highest BCUT2D eigenvalue weighted by atomic mass is 32.2. The first-order chi connectivity index (χ1) is 12.6.